The number of carbonyl (C=O) groups is 4. The summed E-state index contributed by atoms with van der Waals surface area (Å²) in [6.07, 6.45) is -1.98. The first-order chi connectivity index (χ1) is 12.5. The summed E-state index contributed by atoms with van der Waals surface area (Å²) in [7, 11) is 10.1. The zero-order valence-electron chi connectivity index (χ0n) is 17.1. The van der Waals surface area contributed by atoms with Crippen LogP contribution in [0.3, 0.4) is 0 Å². The Morgan fingerprint density at radius 2 is 0.964 bits per heavy atom. The van der Waals surface area contributed by atoms with Gasteiger partial charge in [-0.2, -0.15) is 0 Å². The molecule has 10 nitrogen and oxygen atoms in total. The fraction of sp³-hybridized carbons (Fsp3) is 0.667. The first kappa shape index (κ1) is 25.9. The molecule has 0 heterocycles. The van der Waals surface area contributed by atoms with Crippen LogP contribution < -0.4 is 10.2 Å². The summed E-state index contributed by atoms with van der Waals surface area (Å²) in [5.41, 5.74) is 0. The molecule has 0 aliphatic rings. The average molecular weight is 402 g/mol. The van der Waals surface area contributed by atoms with E-state index in [0.29, 0.717) is 12.2 Å². The Kier molecular flexibility index (Phi) is 9.12. The van der Waals surface area contributed by atoms with Crippen LogP contribution in [0.5, 0.6) is 0 Å². The summed E-state index contributed by atoms with van der Waals surface area (Å²) in [5, 5.41) is 42.6. The maximum atomic E-state index is 12.2. The SMILES string of the molecule is C[N+](C)(C)CC(O)C(C(=O)[O-])C(=O)/C=C/C(=O)C(C(=O)[O-])C(O)C[N+](C)(C)C. The molecule has 0 aliphatic carbocycles. The smallest absolute Gasteiger partial charge is 0.167 e. The Balaban J connectivity index is 5.42. The minimum Gasteiger partial charge on any atom is -0.549 e. The van der Waals surface area contributed by atoms with Crippen molar-refractivity contribution < 1.29 is 48.6 Å². The first-order valence-corrected chi connectivity index (χ1v) is 8.61. The van der Waals surface area contributed by atoms with Gasteiger partial charge in [0.05, 0.1) is 66.1 Å². The Hall–Kier alpha value is -2.14. The first-order valence-electron chi connectivity index (χ1n) is 8.61. The topological polar surface area (TPSA) is 155 Å². The Bertz CT molecular complexity index is 576. The predicted octanol–water partition coefficient (Wildman–Crippen LogP) is -4.45. The van der Waals surface area contributed by atoms with Gasteiger partial charge >= 0.3 is 0 Å². The third-order valence-electron chi connectivity index (χ3n) is 3.77. The fourth-order valence-corrected chi connectivity index (χ4v) is 2.63. The normalized spacial score (nSPS) is 17.0. The monoisotopic (exact) mass is 402 g/mol. The van der Waals surface area contributed by atoms with Crippen LogP contribution in [0.25, 0.3) is 0 Å². The second kappa shape index (κ2) is 9.87. The lowest BCUT2D eigenvalue weighted by atomic mass is 9.93. The van der Waals surface area contributed by atoms with Crippen LogP contribution in [0.2, 0.25) is 0 Å². The van der Waals surface area contributed by atoms with Crippen molar-refractivity contribution in [2.45, 2.75) is 12.2 Å². The van der Waals surface area contributed by atoms with E-state index in [1.807, 2.05) is 0 Å². The number of quaternary nitrogens is 2. The molecule has 4 atom stereocenters. The third-order valence-corrected chi connectivity index (χ3v) is 3.77. The van der Waals surface area contributed by atoms with Crippen LogP contribution >= 0.6 is 0 Å². The number of aliphatic carboxylic acids is 2. The second-order valence-electron chi connectivity index (χ2n) is 8.81. The van der Waals surface area contributed by atoms with Crippen molar-refractivity contribution in [1.29, 1.82) is 0 Å². The van der Waals surface area contributed by atoms with Gasteiger partial charge in [-0.3, -0.25) is 9.59 Å². The molecule has 0 aliphatic heterocycles. The van der Waals surface area contributed by atoms with Crippen LogP contribution in [-0.4, -0.2) is 110 Å². The minimum absolute atomic E-state index is 0.0734. The van der Waals surface area contributed by atoms with Crippen molar-refractivity contribution in [2.24, 2.45) is 11.8 Å². The number of hydrogen-bond donors (Lipinski definition) is 2. The van der Waals surface area contributed by atoms with E-state index in [9.17, 15) is 39.6 Å². The molecule has 0 aromatic rings. The predicted molar refractivity (Wildman–Crippen MR) is 94.0 cm³/mol. The van der Waals surface area contributed by atoms with Gasteiger partial charge in [0.2, 0.25) is 0 Å². The lowest BCUT2D eigenvalue weighted by Crippen LogP contribution is -2.51. The zero-order chi connectivity index (χ0) is 22.4. The van der Waals surface area contributed by atoms with Gasteiger partial charge in [0.1, 0.15) is 25.3 Å². The molecular formula is C18H30N2O8. The highest BCUT2D eigenvalue weighted by Crippen LogP contribution is 2.12. The van der Waals surface area contributed by atoms with E-state index in [2.05, 4.69) is 0 Å². The van der Waals surface area contributed by atoms with E-state index >= 15 is 0 Å². The fourth-order valence-electron chi connectivity index (χ4n) is 2.63. The van der Waals surface area contributed by atoms with Gasteiger partial charge in [0.15, 0.2) is 11.6 Å². The van der Waals surface area contributed by atoms with Crippen LogP contribution in [0, 0.1) is 11.8 Å². The number of carboxylic acid groups (broad SMARTS) is 2. The third kappa shape index (κ3) is 9.18. The van der Waals surface area contributed by atoms with Gasteiger partial charge in [-0.15, -0.1) is 0 Å². The number of rotatable bonds is 12. The van der Waals surface area contributed by atoms with Crippen LogP contribution in [-0.2, 0) is 19.2 Å². The molecule has 160 valence electrons. The summed E-state index contributed by atoms with van der Waals surface area (Å²) in [5.74, 6) is -9.70. The number of ketones is 2. The summed E-state index contributed by atoms with van der Waals surface area (Å²) >= 11 is 0. The van der Waals surface area contributed by atoms with Gasteiger partial charge in [-0.05, 0) is 12.2 Å². The van der Waals surface area contributed by atoms with Crippen molar-refractivity contribution in [2.75, 3.05) is 55.4 Å². The lowest BCUT2D eigenvalue weighted by Gasteiger charge is -2.30. The molecule has 0 spiro atoms. The maximum absolute atomic E-state index is 12.2. The van der Waals surface area contributed by atoms with Crippen molar-refractivity contribution in [1.82, 2.24) is 0 Å². The molecule has 0 saturated heterocycles. The highest BCUT2D eigenvalue weighted by Gasteiger charge is 2.33. The van der Waals surface area contributed by atoms with E-state index < -0.39 is 47.5 Å². The van der Waals surface area contributed by atoms with Gasteiger partial charge < -0.3 is 39.0 Å². The maximum Gasteiger partial charge on any atom is 0.167 e. The number of allylic oxidation sites excluding steroid dienone is 2. The second-order valence-corrected chi connectivity index (χ2v) is 8.81. The summed E-state index contributed by atoms with van der Waals surface area (Å²) in [6.45, 7) is -0.147. The minimum atomic E-state index is -1.92. The molecule has 0 bridgehead atoms. The highest BCUT2D eigenvalue weighted by atomic mass is 16.4. The summed E-state index contributed by atoms with van der Waals surface area (Å²) < 4.78 is 0.343. The molecule has 0 fully saturated rings. The molecule has 10 heteroatoms. The Labute approximate surface area is 164 Å². The molecule has 28 heavy (non-hydrogen) atoms. The van der Waals surface area contributed by atoms with E-state index in [-0.39, 0.29) is 22.1 Å². The van der Waals surface area contributed by atoms with Crippen molar-refractivity contribution in [3.63, 3.8) is 0 Å². The Morgan fingerprint density at radius 1 is 0.714 bits per heavy atom. The van der Waals surface area contributed by atoms with Gasteiger partial charge in [-0.1, -0.05) is 0 Å². The van der Waals surface area contributed by atoms with Crippen LogP contribution in [0.1, 0.15) is 0 Å². The number of aliphatic hydroxyl groups excluding tert-OH is 2. The van der Waals surface area contributed by atoms with E-state index in [1.54, 1.807) is 42.3 Å². The summed E-state index contributed by atoms with van der Waals surface area (Å²) in [4.78, 5) is 46.8. The van der Waals surface area contributed by atoms with Crippen molar-refractivity contribution >= 4 is 23.5 Å². The van der Waals surface area contributed by atoms with Crippen LogP contribution in [0.4, 0.5) is 0 Å². The number of nitrogens with zero attached hydrogens (tertiary/aromatic N) is 2. The molecule has 0 radical (unpaired) electrons. The molecule has 0 saturated carbocycles. The largest absolute Gasteiger partial charge is 0.549 e. The number of likely N-dealkylation sites (N-methyl/N-ethyl adjacent to an activating group) is 2. The van der Waals surface area contributed by atoms with Crippen LogP contribution in [0.15, 0.2) is 12.2 Å². The molecule has 0 aromatic heterocycles. The highest BCUT2D eigenvalue weighted by molar-refractivity contribution is 6.10. The van der Waals surface area contributed by atoms with Gasteiger partial charge in [0, 0.05) is 0 Å². The standard InChI is InChI=1S/C18H30N2O8/c1-19(2,3)9-13(23)15(17(25)26)11(21)7-8-12(22)16(18(27)28)14(24)10-20(4,5)6/h7-8,13-16,23-24H,9-10H2,1-6H3/b8-7+. The molecular weight excluding hydrogens is 372 g/mol. The molecule has 0 amide bonds. The number of carboxylic acids is 2. The average Bonchev–Trinajstić information content (AvgIpc) is 2.40. The molecule has 0 aromatic carbocycles. The van der Waals surface area contributed by atoms with Gasteiger partial charge in [-0.25, -0.2) is 0 Å². The van der Waals surface area contributed by atoms with E-state index in [1.165, 1.54) is 0 Å². The quantitative estimate of drug-likeness (QED) is 0.188. The molecule has 0 rings (SSSR count). The van der Waals surface area contributed by atoms with E-state index in [0.717, 1.165) is 0 Å². The lowest BCUT2D eigenvalue weighted by molar-refractivity contribution is -0.873. The van der Waals surface area contributed by atoms with Gasteiger partial charge in [0.25, 0.3) is 0 Å². The Morgan fingerprint density at radius 3 is 1.14 bits per heavy atom. The zero-order valence-corrected chi connectivity index (χ0v) is 17.1. The number of hydrogen-bond acceptors (Lipinski definition) is 8. The molecule has 2 N–H and O–H groups in total. The number of carbonyl (C=O) groups excluding carboxylic acids is 4. The number of aliphatic hydroxyl groups is 2. The van der Waals surface area contributed by atoms with Crippen molar-refractivity contribution in [3.05, 3.63) is 12.2 Å². The van der Waals surface area contributed by atoms with E-state index in [4.69, 9.17) is 0 Å². The van der Waals surface area contributed by atoms with Crippen molar-refractivity contribution in [3.8, 4) is 0 Å². The summed E-state index contributed by atoms with van der Waals surface area (Å²) in [6, 6.07) is 0. The molecule has 4 unspecified atom stereocenters.